The van der Waals surface area contributed by atoms with Crippen molar-refractivity contribution < 1.29 is 14.5 Å². The molecule has 0 aliphatic carbocycles. The Bertz CT molecular complexity index is 400. The minimum absolute atomic E-state index is 0.0566. The van der Waals surface area contributed by atoms with Gasteiger partial charge in [0.1, 0.15) is 5.75 Å². The second-order valence-electron chi connectivity index (χ2n) is 2.81. The smallest absolute Gasteiger partial charge is 0.410 e. The predicted octanol–water partition coefficient (Wildman–Crippen LogP) is 1.87. The number of ether oxygens (including phenoxy) is 1. The zero-order valence-electron chi connectivity index (χ0n) is 8.38. The first-order valence-corrected chi connectivity index (χ1v) is 4.44. The normalized spacial score (nSPS) is 9.25. The van der Waals surface area contributed by atoms with E-state index in [2.05, 4.69) is 11.9 Å². The van der Waals surface area contributed by atoms with Crippen LogP contribution in [-0.2, 0) is 0 Å². The predicted molar refractivity (Wildman–Crippen MR) is 57.3 cm³/mol. The van der Waals surface area contributed by atoms with Gasteiger partial charge in [-0.25, -0.2) is 4.79 Å². The number of nitrogens with zero attached hydrogens (tertiary/aromatic N) is 1. The molecule has 0 atom stereocenters. The Kier molecular flexibility index (Phi) is 4.02. The summed E-state index contributed by atoms with van der Waals surface area (Å²) in [6.07, 6.45) is 0.880. The number of carbonyl (C=O) groups is 1. The highest BCUT2D eigenvalue weighted by Crippen LogP contribution is 2.17. The fraction of sp³-hybridized carbons (Fsp3) is 0.100. The summed E-state index contributed by atoms with van der Waals surface area (Å²) in [6, 6.07) is 5.23. The summed E-state index contributed by atoms with van der Waals surface area (Å²) in [6.45, 7) is 3.72. The number of nitrogens with one attached hydrogen (secondary N) is 1. The molecular weight excluding hydrogens is 212 g/mol. The third kappa shape index (κ3) is 3.41. The molecule has 1 N–H and O–H groups in total. The highest BCUT2D eigenvalue weighted by Gasteiger charge is 2.06. The van der Waals surface area contributed by atoms with Gasteiger partial charge >= 0.3 is 6.09 Å². The lowest BCUT2D eigenvalue weighted by Crippen LogP contribution is -2.26. The lowest BCUT2D eigenvalue weighted by Gasteiger charge is -2.03. The lowest BCUT2D eigenvalue weighted by molar-refractivity contribution is -0.384. The fourth-order valence-corrected chi connectivity index (χ4v) is 0.935. The minimum Gasteiger partial charge on any atom is -0.410 e. The summed E-state index contributed by atoms with van der Waals surface area (Å²) in [5.74, 6) is 0.243. The summed E-state index contributed by atoms with van der Waals surface area (Å²) in [4.78, 5) is 20.9. The van der Waals surface area contributed by atoms with Gasteiger partial charge in [0, 0.05) is 18.7 Å². The fourth-order valence-electron chi connectivity index (χ4n) is 0.935. The van der Waals surface area contributed by atoms with Crippen molar-refractivity contribution in [2.75, 3.05) is 6.54 Å². The molecule has 0 bridgehead atoms. The van der Waals surface area contributed by atoms with Gasteiger partial charge in [0.15, 0.2) is 0 Å². The lowest BCUT2D eigenvalue weighted by atomic mass is 10.3. The molecule has 0 fully saturated rings. The Labute approximate surface area is 91.7 Å². The molecule has 0 aliphatic heterocycles. The summed E-state index contributed by atoms with van der Waals surface area (Å²) in [7, 11) is 0. The van der Waals surface area contributed by atoms with Crippen molar-refractivity contribution in [2.45, 2.75) is 0 Å². The van der Waals surface area contributed by atoms with Gasteiger partial charge in [-0.15, -0.1) is 6.58 Å². The Morgan fingerprint density at radius 1 is 1.50 bits per heavy atom. The van der Waals surface area contributed by atoms with Crippen LogP contribution >= 0.6 is 0 Å². The zero-order chi connectivity index (χ0) is 12.0. The van der Waals surface area contributed by atoms with Crippen LogP contribution in [0.2, 0.25) is 0 Å². The molecule has 0 radical (unpaired) electrons. The number of carbonyl (C=O) groups excluding carboxylic acids is 1. The molecule has 0 unspecified atom stereocenters. The third-order valence-electron chi connectivity index (χ3n) is 1.65. The average Bonchev–Trinajstić information content (AvgIpc) is 2.27. The molecule has 1 rings (SSSR count). The van der Waals surface area contributed by atoms with Gasteiger partial charge in [0.05, 0.1) is 4.92 Å². The van der Waals surface area contributed by atoms with Gasteiger partial charge in [-0.3, -0.25) is 10.1 Å². The van der Waals surface area contributed by atoms with Crippen molar-refractivity contribution in [3.05, 3.63) is 47.0 Å². The number of nitro benzene ring substituents is 1. The molecule has 0 aliphatic rings. The van der Waals surface area contributed by atoms with Crippen molar-refractivity contribution in [1.82, 2.24) is 5.32 Å². The van der Waals surface area contributed by atoms with Gasteiger partial charge in [-0.2, -0.15) is 0 Å². The van der Waals surface area contributed by atoms with E-state index in [1.165, 1.54) is 30.3 Å². The maximum absolute atomic E-state index is 11.1. The molecule has 0 aromatic heterocycles. The first-order valence-electron chi connectivity index (χ1n) is 4.44. The highest BCUT2D eigenvalue weighted by atomic mass is 16.6. The third-order valence-corrected chi connectivity index (χ3v) is 1.65. The topological polar surface area (TPSA) is 81.5 Å². The van der Waals surface area contributed by atoms with Gasteiger partial charge < -0.3 is 10.1 Å². The maximum atomic E-state index is 11.1. The van der Waals surface area contributed by atoms with Crippen molar-refractivity contribution in [1.29, 1.82) is 0 Å². The van der Waals surface area contributed by atoms with E-state index in [0.717, 1.165) is 0 Å². The SMILES string of the molecule is C=CCNC(=O)Oc1ccc([N+](=O)[O-])cc1. The Morgan fingerprint density at radius 3 is 2.62 bits per heavy atom. The second kappa shape index (κ2) is 5.50. The van der Waals surface area contributed by atoms with E-state index in [1.54, 1.807) is 0 Å². The van der Waals surface area contributed by atoms with Gasteiger partial charge in [-0.1, -0.05) is 6.08 Å². The first-order chi connectivity index (χ1) is 7.63. The van der Waals surface area contributed by atoms with E-state index in [1.807, 2.05) is 0 Å². The van der Waals surface area contributed by atoms with Crippen molar-refractivity contribution in [3.63, 3.8) is 0 Å². The molecule has 1 aromatic carbocycles. The summed E-state index contributed by atoms with van der Waals surface area (Å²) in [5, 5.41) is 12.8. The van der Waals surface area contributed by atoms with Crippen molar-refractivity contribution >= 4 is 11.8 Å². The number of nitro groups is 1. The van der Waals surface area contributed by atoms with E-state index in [-0.39, 0.29) is 11.4 Å². The number of hydrogen-bond donors (Lipinski definition) is 1. The second-order valence-corrected chi connectivity index (χ2v) is 2.81. The number of amides is 1. The zero-order valence-corrected chi connectivity index (χ0v) is 8.38. The van der Waals surface area contributed by atoms with E-state index in [0.29, 0.717) is 6.54 Å². The van der Waals surface area contributed by atoms with Crippen LogP contribution in [0.15, 0.2) is 36.9 Å². The van der Waals surface area contributed by atoms with E-state index in [4.69, 9.17) is 4.74 Å². The molecule has 0 heterocycles. The average molecular weight is 222 g/mol. The molecule has 6 heteroatoms. The molecule has 0 saturated carbocycles. The molecule has 0 saturated heterocycles. The quantitative estimate of drug-likeness (QED) is 0.479. The van der Waals surface area contributed by atoms with Crippen LogP contribution in [0.5, 0.6) is 5.75 Å². The van der Waals surface area contributed by atoms with Crippen LogP contribution in [0.4, 0.5) is 10.5 Å². The molecule has 0 spiro atoms. The van der Waals surface area contributed by atoms with Gasteiger partial charge in [-0.05, 0) is 12.1 Å². The molecule has 1 amide bonds. The Balaban J connectivity index is 2.58. The standard InChI is InChI=1S/C10H10N2O4/c1-2-7-11-10(13)16-9-5-3-8(4-6-9)12(14)15/h2-6H,1,7H2,(H,11,13). The number of non-ortho nitro benzene ring substituents is 1. The number of benzene rings is 1. The van der Waals surface area contributed by atoms with Crippen molar-refractivity contribution in [3.8, 4) is 5.75 Å². The highest BCUT2D eigenvalue weighted by molar-refractivity contribution is 5.70. The molecule has 16 heavy (non-hydrogen) atoms. The minimum atomic E-state index is -0.631. The number of rotatable bonds is 4. The van der Waals surface area contributed by atoms with Crippen LogP contribution in [0.25, 0.3) is 0 Å². The molecule has 1 aromatic rings. The first kappa shape index (κ1) is 11.7. The Morgan fingerprint density at radius 2 is 2.12 bits per heavy atom. The van der Waals surface area contributed by atoms with Crippen molar-refractivity contribution in [2.24, 2.45) is 0 Å². The van der Waals surface area contributed by atoms with E-state index >= 15 is 0 Å². The monoisotopic (exact) mass is 222 g/mol. The largest absolute Gasteiger partial charge is 0.412 e. The van der Waals surface area contributed by atoms with Crippen LogP contribution in [-0.4, -0.2) is 17.6 Å². The van der Waals surface area contributed by atoms with Crippen LogP contribution in [0, 0.1) is 10.1 Å². The van der Waals surface area contributed by atoms with Crippen LogP contribution in [0.1, 0.15) is 0 Å². The summed E-state index contributed by atoms with van der Waals surface area (Å²) >= 11 is 0. The maximum Gasteiger partial charge on any atom is 0.412 e. The van der Waals surface area contributed by atoms with E-state index in [9.17, 15) is 14.9 Å². The molecule has 6 nitrogen and oxygen atoms in total. The molecule has 84 valence electrons. The van der Waals surface area contributed by atoms with Crippen LogP contribution in [0.3, 0.4) is 0 Å². The van der Waals surface area contributed by atoms with E-state index < -0.39 is 11.0 Å². The van der Waals surface area contributed by atoms with Crippen LogP contribution < -0.4 is 10.1 Å². The van der Waals surface area contributed by atoms with Gasteiger partial charge in [0.25, 0.3) is 5.69 Å². The summed E-state index contributed by atoms with van der Waals surface area (Å²) < 4.78 is 4.83. The Hall–Kier alpha value is -2.37. The molecular formula is C10H10N2O4. The van der Waals surface area contributed by atoms with Gasteiger partial charge in [0.2, 0.25) is 0 Å². The number of hydrogen-bond acceptors (Lipinski definition) is 4. The summed E-state index contributed by atoms with van der Waals surface area (Å²) in [5.41, 5.74) is -0.0566.